The molecule has 2 saturated heterocycles. The van der Waals surface area contributed by atoms with Gasteiger partial charge in [0.1, 0.15) is 11.6 Å². The fraction of sp³-hybridized carbons (Fsp3) is 0.500. The van der Waals surface area contributed by atoms with Crippen LogP contribution < -0.4 is 4.90 Å². The van der Waals surface area contributed by atoms with Gasteiger partial charge in [-0.05, 0) is 18.9 Å². The van der Waals surface area contributed by atoms with Gasteiger partial charge < -0.3 is 9.80 Å². The summed E-state index contributed by atoms with van der Waals surface area (Å²) < 4.78 is 15.1. The first-order valence-electron chi connectivity index (χ1n) is 12.4. The molecule has 9 heteroatoms. The number of nitrogens with zero attached hydrogens (tertiary/aromatic N) is 5. The number of halogens is 1. The Balaban J connectivity index is 1.38. The molecule has 3 aliphatic rings. The lowest BCUT2D eigenvalue weighted by Gasteiger charge is -2.37. The number of aromatic nitrogens is 2. The summed E-state index contributed by atoms with van der Waals surface area (Å²) in [5.74, 6) is -0.767. The number of piperazine rings is 1. The lowest BCUT2D eigenvalue weighted by molar-refractivity contribution is -0.145. The number of hydrogen-bond donors (Lipinski definition) is 0. The van der Waals surface area contributed by atoms with Crippen LogP contribution in [0.3, 0.4) is 0 Å². The highest BCUT2D eigenvalue weighted by molar-refractivity contribution is 6.11. The second kappa shape index (κ2) is 9.71. The number of benzene rings is 1. The molecule has 2 aromatic rings. The Kier molecular flexibility index (Phi) is 6.49. The van der Waals surface area contributed by atoms with Crippen LogP contribution in [0.25, 0.3) is 0 Å². The first-order valence-corrected chi connectivity index (χ1v) is 12.4. The van der Waals surface area contributed by atoms with Crippen LogP contribution >= 0.6 is 0 Å². The van der Waals surface area contributed by atoms with Gasteiger partial charge in [0, 0.05) is 63.0 Å². The summed E-state index contributed by atoms with van der Waals surface area (Å²) in [5.41, 5.74) is -1.36. The molecule has 1 saturated carbocycles. The van der Waals surface area contributed by atoms with E-state index in [1.54, 1.807) is 41.7 Å². The molecule has 1 aromatic carbocycles. The number of hydrogen-bond acceptors (Lipinski definition) is 6. The van der Waals surface area contributed by atoms with Gasteiger partial charge in [-0.15, -0.1) is 0 Å². The molecule has 1 atom stereocenters. The number of amides is 3. The summed E-state index contributed by atoms with van der Waals surface area (Å²) in [4.78, 5) is 54.1. The number of likely N-dealkylation sites (tertiary alicyclic amines) is 1. The molecule has 0 bridgehead atoms. The fourth-order valence-corrected chi connectivity index (χ4v) is 5.77. The van der Waals surface area contributed by atoms with Gasteiger partial charge in [-0.2, -0.15) is 0 Å². The summed E-state index contributed by atoms with van der Waals surface area (Å²) in [5, 5.41) is 0. The summed E-state index contributed by atoms with van der Waals surface area (Å²) in [6, 6.07) is 5.89. The number of rotatable bonds is 5. The highest BCUT2D eigenvalue weighted by atomic mass is 19.1. The van der Waals surface area contributed by atoms with E-state index in [-0.39, 0.29) is 36.3 Å². The van der Waals surface area contributed by atoms with E-state index in [9.17, 15) is 14.4 Å². The Bertz CT molecular complexity index is 1100. The zero-order valence-corrected chi connectivity index (χ0v) is 19.7. The van der Waals surface area contributed by atoms with E-state index >= 15 is 4.39 Å². The van der Waals surface area contributed by atoms with Crippen LogP contribution in [0, 0.1) is 5.82 Å². The van der Waals surface area contributed by atoms with E-state index < -0.39 is 17.1 Å². The molecule has 0 radical (unpaired) electrons. The van der Waals surface area contributed by atoms with Gasteiger partial charge in [-0.1, -0.05) is 37.5 Å². The van der Waals surface area contributed by atoms with Crippen molar-refractivity contribution >= 4 is 23.5 Å². The first-order chi connectivity index (χ1) is 17.0. The molecule has 35 heavy (non-hydrogen) atoms. The molecule has 5 rings (SSSR count). The summed E-state index contributed by atoms with van der Waals surface area (Å²) in [6.45, 7) is 2.07. The molecule has 2 aliphatic heterocycles. The maximum atomic E-state index is 15.1. The lowest BCUT2D eigenvalue weighted by Crippen LogP contribution is -2.52. The Morgan fingerprint density at radius 1 is 1.03 bits per heavy atom. The van der Waals surface area contributed by atoms with Gasteiger partial charge in [0.2, 0.25) is 17.7 Å². The minimum atomic E-state index is -1.50. The van der Waals surface area contributed by atoms with E-state index in [4.69, 9.17) is 0 Å². The van der Waals surface area contributed by atoms with Crippen molar-refractivity contribution in [1.29, 1.82) is 0 Å². The minimum absolute atomic E-state index is 0.142. The summed E-state index contributed by atoms with van der Waals surface area (Å²) in [7, 11) is 0. The molecule has 3 fully saturated rings. The highest BCUT2D eigenvalue weighted by Crippen LogP contribution is 2.43. The Labute approximate surface area is 204 Å². The molecule has 3 heterocycles. The molecular weight excluding hydrogens is 449 g/mol. The molecule has 8 nitrogen and oxygen atoms in total. The molecule has 3 amide bonds. The first kappa shape index (κ1) is 23.4. The highest BCUT2D eigenvalue weighted by Gasteiger charge is 2.56. The van der Waals surface area contributed by atoms with Crippen molar-refractivity contribution in [3.8, 4) is 0 Å². The molecule has 0 N–H and O–H groups in total. The third kappa shape index (κ3) is 4.39. The molecule has 1 aliphatic carbocycles. The molecule has 1 aromatic heterocycles. The van der Waals surface area contributed by atoms with Crippen LogP contribution in [0.4, 0.5) is 10.2 Å². The average molecular weight is 480 g/mol. The SMILES string of the molecule is O=C(CC1(c2ccccc2F)CC(=O)N(C2CCCCC2)C1=O)N1CCN(c2cnccn2)CC1. The van der Waals surface area contributed by atoms with Gasteiger partial charge in [0.25, 0.3) is 0 Å². The fourth-order valence-electron chi connectivity index (χ4n) is 5.77. The Morgan fingerprint density at radius 3 is 2.46 bits per heavy atom. The van der Waals surface area contributed by atoms with Crippen LogP contribution in [-0.4, -0.2) is 69.7 Å². The van der Waals surface area contributed by atoms with Crippen LogP contribution in [0.15, 0.2) is 42.9 Å². The van der Waals surface area contributed by atoms with Gasteiger partial charge >= 0.3 is 0 Å². The molecule has 184 valence electrons. The average Bonchev–Trinajstić information content (AvgIpc) is 3.14. The van der Waals surface area contributed by atoms with E-state index in [1.807, 2.05) is 0 Å². The third-order valence-electron chi connectivity index (χ3n) is 7.64. The largest absolute Gasteiger partial charge is 0.352 e. The topological polar surface area (TPSA) is 86.7 Å². The lowest BCUT2D eigenvalue weighted by atomic mass is 9.75. The number of imide groups is 1. The van der Waals surface area contributed by atoms with E-state index in [0.717, 1.165) is 37.9 Å². The van der Waals surface area contributed by atoms with Gasteiger partial charge in [0.15, 0.2) is 0 Å². The second-order valence-electron chi connectivity index (χ2n) is 9.71. The van der Waals surface area contributed by atoms with E-state index in [2.05, 4.69) is 14.9 Å². The summed E-state index contributed by atoms with van der Waals surface area (Å²) >= 11 is 0. The zero-order valence-electron chi connectivity index (χ0n) is 19.7. The second-order valence-corrected chi connectivity index (χ2v) is 9.71. The predicted octanol–water partition coefficient (Wildman–Crippen LogP) is 2.68. The van der Waals surface area contributed by atoms with E-state index in [1.165, 1.54) is 11.0 Å². The van der Waals surface area contributed by atoms with Crippen LogP contribution in [0.1, 0.15) is 50.5 Å². The van der Waals surface area contributed by atoms with Gasteiger partial charge in [-0.3, -0.25) is 24.3 Å². The number of carbonyl (C=O) groups is 3. The maximum absolute atomic E-state index is 15.1. The van der Waals surface area contributed by atoms with Crippen molar-refractivity contribution in [2.75, 3.05) is 31.1 Å². The van der Waals surface area contributed by atoms with E-state index in [0.29, 0.717) is 26.2 Å². The summed E-state index contributed by atoms with van der Waals surface area (Å²) in [6.07, 6.45) is 9.09. The molecular formula is C26H30FN5O3. The van der Waals surface area contributed by atoms with Crippen molar-refractivity contribution in [3.63, 3.8) is 0 Å². The van der Waals surface area contributed by atoms with Crippen molar-refractivity contribution in [3.05, 3.63) is 54.2 Å². The zero-order chi connectivity index (χ0) is 24.4. The van der Waals surface area contributed by atoms with Gasteiger partial charge in [0.05, 0.1) is 11.6 Å². The standard InChI is InChI=1S/C26H30FN5O3/c27-21-9-5-4-8-20(21)26(17-24(34)32(25(26)35)19-6-2-1-3-7-19)16-23(33)31-14-12-30(13-15-31)22-18-28-10-11-29-22/h4-5,8-11,18-19H,1-3,6-7,12-17H2. The third-order valence-corrected chi connectivity index (χ3v) is 7.64. The van der Waals surface area contributed by atoms with Crippen LogP contribution in [-0.2, 0) is 19.8 Å². The van der Waals surface area contributed by atoms with Crippen molar-refractivity contribution in [1.82, 2.24) is 19.8 Å². The molecule has 1 unspecified atom stereocenters. The number of carbonyl (C=O) groups excluding carboxylic acids is 3. The normalized spacial score (nSPS) is 23.7. The maximum Gasteiger partial charge on any atom is 0.241 e. The van der Waals surface area contributed by atoms with Crippen molar-refractivity contribution < 1.29 is 18.8 Å². The monoisotopic (exact) mass is 479 g/mol. The Hall–Kier alpha value is -3.36. The van der Waals surface area contributed by atoms with Crippen molar-refractivity contribution in [2.45, 2.75) is 56.4 Å². The van der Waals surface area contributed by atoms with Crippen molar-refractivity contribution in [2.24, 2.45) is 0 Å². The molecule has 0 spiro atoms. The minimum Gasteiger partial charge on any atom is -0.352 e. The number of anilines is 1. The quantitative estimate of drug-likeness (QED) is 0.613. The van der Waals surface area contributed by atoms with Crippen LogP contribution in [0.5, 0.6) is 0 Å². The Morgan fingerprint density at radius 2 is 1.77 bits per heavy atom. The predicted molar refractivity (Wildman–Crippen MR) is 127 cm³/mol. The van der Waals surface area contributed by atoms with Gasteiger partial charge in [-0.25, -0.2) is 9.37 Å². The smallest absolute Gasteiger partial charge is 0.241 e. The van der Waals surface area contributed by atoms with Crippen LogP contribution in [0.2, 0.25) is 0 Å².